The molecule has 0 saturated carbocycles. The molecule has 0 aliphatic heterocycles. The van der Waals surface area contributed by atoms with Gasteiger partial charge < -0.3 is 9.84 Å². The first-order valence-electron chi connectivity index (χ1n) is 8.19. The number of aliphatic carboxylic acids is 1. The number of ketones is 1. The summed E-state index contributed by atoms with van der Waals surface area (Å²) in [6.07, 6.45) is 2.89. The van der Waals surface area contributed by atoms with Crippen LogP contribution in [-0.4, -0.2) is 29.0 Å². The molecule has 136 valence electrons. The van der Waals surface area contributed by atoms with Crippen LogP contribution >= 0.6 is 11.3 Å². The standard InChI is InChI=1S/C21H17NO4S/c1-26-19-10-7-15(11-16(19)12-20(24)25)18(23)9-8-17-13-27-21(22-17)14-5-3-2-4-6-14/h2-11,13H,12H2,1H3,(H,24,25)/b9-8+. The number of rotatable bonds is 7. The van der Waals surface area contributed by atoms with E-state index in [0.29, 0.717) is 22.6 Å². The first-order chi connectivity index (χ1) is 13.1. The molecule has 27 heavy (non-hydrogen) atoms. The molecule has 0 bridgehead atoms. The Bertz CT molecular complexity index is 992. The molecule has 5 nitrogen and oxygen atoms in total. The van der Waals surface area contributed by atoms with Crippen LogP contribution in [0.1, 0.15) is 21.6 Å². The van der Waals surface area contributed by atoms with E-state index in [0.717, 1.165) is 10.6 Å². The minimum atomic E-state index is -0.982. The minimum Gasteiger partial charge on any atom is -0.496 e. The number of carboxylic acid groups (broad SMARTS) is 1. The lowest BCUT2D eigenvalue weighted by molar-refractivity contribution is -0.136. The Morgan fingerprint density at radius 3 is 2.67 bits per heavy atom. The quantitative estimate of drug-likeness (QED) is 0.488. The molecular weight excluding hydrogens is 362 g/mol. The lowest BCUT2D eigenvalue weighted by atomic mass is 10.0. The van der Waals surface area contributed by atoms with Crippen molar-refractivity contribution in [1.82, 2.24) is 4.98 Å². The Kier molecular flexibility index (Phi) is 5.78. The SMILES string of the molecule is COc1ccc(C(=O)/C=C/c2csc(-c3ccccc3)n2)cc1CC(=O)O. The van der Waals surface area contributed by atoms with Gasteiger partial charge in [-0.05, 0) is 30.4 Å². The van der Waals surface area contributed by atoms with Gasteiger partial charge in [-0.15, -0.1) is 11.3 Å². The molecule has 1 aromatic heterocycles. The van der Waals surface area contributed by atoms with Crippen molar-refractivity contribution in [1.29, 1.82) is 0 Å². The van der Waals surface area contributed by atoms with Gasteiger partial charge in [-0.2, -0.15) is 0 Å². The molecule has 1 N–H and O–H groups in total. The fourth-order valence-electron chi connectivity index (χ4n) is 2.57. The van der Waals surface area contributed by atoms with Crippen LogP contribution in [0.15, 0.2) is 60.0 Å². The second-order valence-corrected chi connectivity index (χ2v) is 6.60. The zero-order valence-corrected chi connectivity index (χ0v) is 15.4. The van der Waals surface area contributed by atoms with Gasteiger partial charge in [-0.1, -0.05) is 30.3 Å². The number of hydrogen-bond donors (Lipinski definition) is 1. The summed E-state index contributed by atoms with van der Waals surface area (Å²) in [6.45, 7) is 0. The number of allylic oxidation sites excluding steroid dienone is 1. The highest BCUT2D eigenvalue weighted by molar-refractivity contribution is 7.13. The van der Waals surface area contributed by atoms with Gasteiger partial charge in [-0.3, -0.25) is 9.59 Å². The highest BCUT2D eigenvalue weighted by Crippen LogP contribution is 2.24. The molecule has 1 heterocycles. The number of benzene rings is 2. The van der Waals surface area contributed by atoms with E-state index in [1.165, 1.54) is 24.5 Å². The summed E-state index contributed by atoms with van der Waals surface area (Å²) in [5.74, 6) is -0.757. The Balaban J connectivity index is 1.77. The number of carbonyl (C=O) groups is 2. The monoisotopic (exact) mass is 379 g/mol. The Labute approximate surface area is 160 Å². The third-order valence-corrected chi connectivity index (χ3v) is 4.76. The number of carbonyl (C=O) groups excluding carboxylic acids is 1. The molecule has 0 unspecified atom stereocenters. The molecule has 0 aliphatic carbocycles. The summed E-state index contributed by atoms with van der Waals surface area (Å²) in [5, 5.41) is 11.8. The van der Waals surface area contributed by atoms with Crippen molar-refractivity contribution in [3.63, 3.8) is 0 Å². The van der Waals surface area contributed by atoms with Gasteiger partial charge in [0.05, 0.1) is 19.2 Å². The first-order valence-corrected chi connectivity index (χ1v) is 9.07. The number of carboxylic acids is 1. The van der Waals surface area contributed by atoms with Gasteiger partial charge >= 0.3 is 5.97 Å². The molecule has 0 radical (unpaired) electrons. The maximum Gasteiger partial charge on any atom is 0.307 e. The normalized spacial score (nSPS) is 10.9. The maximum absolute atomic E-state index is 12.4. The Morgan fingerprint density at radius 2 is 1.96 bits per heavy atom. The van der Waals surface area contributed by atoms with E-state index in [-0.39, 0.29) is 12.2 Å². The van der Waals surface area contributed by atoms with Crippen LogP contribution in [0.5, 0.6) is 5.75 Å². The number of ether oxygens (including phenoxy) is 1. The summed E-state index contributed by atoms with van der Waals surface area (Å²) in [5.41, 5.74) is 2.60. The number of nitrogens with zero attached hydrogens (tertiary/aromatic N) is 1. The summed E-state index contributed by atoms with van der Waals surface area (Å²) in [4.78, 5) is 27.9. The summed E-state index contributed by atoms with van der Waals surface area (Å²) in [6, 6.07) is 14.6. The van der Waals surface area contributed by atoms with E-state index >= 15 is 0 Å². The smallest absolute Gasteiger partial charge is 0.307 e. The molecule has 0 aliphatic rings. The van der Waals surface area contributed by atoms with Gasteiger partial charge in [0.15, 0.2) is 5.78 Å². The van der Waals surface area contributed by atoms with E-state index in [4.69, 9.17) is 9.84 Å². The predicted molar refractivity (Wildman–Crippen MR) is 105 cm³/mol. The van der Waals surface area contributed by atoms with E-state index < -0.39 is 5.97 Å². The molecular formula is C21H17NO4S. The highest BCUT2D eigenvalue weighted by atomic mass is 32.1. The number of thiazole rings is 1. The van der Waals surface area contributed by atoms with Gasteiger partial charge in [0.25, 0.3) is 0 Å². The number of methoxy groups -OCH3 is 1. The zero-order chi connectivity index (χ0) is 19.2. The molecule has 0 atom stereocenters. The van der Waals surface area contributed by atoms with Crippen LogP contribution in [0.3, 0.4) is 0 Å². The summed E-state index contributed by atoms with van der Waals surface area (Å²) >= 11 is 1.51. The van der Waals surface area contributed by atoms with Gasteiger partial charge in [0, 0.05) is 22.1 Å². The van der Waals surface area contributed by atoms with Gasteiger partial charge in [-0.25, -0.2) is 4.98 Å². The van der Waals surface area contributed by atoms with E-state index in [2.05, 4.69) is 4.98 Å². The van der Waals surface area contributed by atoms with Crippen LogP contribution in [0.4, 0.5) is 0 Å². The molecule has 0 fully saturated rings. The van der Waals surface area contributed by atoms with Crippen LogP contribution in [0, 0.1) is 0 Å². The molecule has 0 spiro atoms. The second-order valence-electron chi connectivity index (χ2n) is 5.74. The van der Waals surface area contributed by atoms with Crippen LogP contribution < -0.4 is 4.74 Å². The van der Waals surface area contributed by atoms with Crippen LogP contribution in [0.2, 0.25) is 0 Å². The average molecular weight is 379 g/mol. The molecule has 2 aromatic carbocycles. The highest BCUT2D eigenvalue weighted by Gasteiger charge is 2.11. The zero-order valence-electron chi connectivity index (χ0n) is 14.6. The maximum atomic E-state index is 12.4. The summed E-state index contributed by atoms with van der Waals surface area (Å²) in [7, 11) is 1.47. The van der Waals surface area contributed by atoms with E-state index in [9.17, 15) is 9.59 Å². The number of hydrogen-bond acceptors (Lipinski definition) is 5. The van der Waals surface area contributed by atoms with Crippen molar-refractivity contribution < 1.29 is 19.4 Å². The lowest BCUT2D eigenvalue weighted by Crippen LogP contribution is -2.04. The van der Waals surface area contributed by atoms with Crippen molar-refractivity contribution in [2.45, 2.75) is 6.42 Å². The van der Waals surface area contributed by atoms with Crippen LogP contribution in [0.25, 0.3) is 16.6 Å². The average Bonchev–Trinajstić information content (AvgIpc) is 3.15. The number of aromatic nitrogens is 1. The van der Waals surface area contributed by atoms with Gasteiger partial charge in [0.2, 0.25) is 0 Å². The third kappa shape index (κ3) is 4.68. The lowest BCUT2D eigenvalue weighted by Gasteiger charge is -2.07. The van der Waals surface area contributed by atoms with Crippen LogP contribution in [-0.2, 0) is 11.2 Å². The topological polar surface area (TPSA) is 76.5 Å². The van der Waals surface area contributed by atoms with Crippen molar-refractivity contribution in [3.05, 3.63) is 76.8 Å². The molecule has 0 saturated heterocycles. The Morgan fingerprint density at radius 1 is 1.19 bits per heavy atom. The van der Waals surface area contributed by atoms with E-state index in [1.807, 2.05) is 35.7 Å². The van der Waals surface area contributed by atoms with Crippen molar-refractivity contribution >= 4 is 29.2 Å². The minimum absolute atomic E-state index is 0.208. The van der Waals surface area contributed by atoms with Crippen molar-refractivity contribution in [2.24, 2.45) is 0 Å². The first kappa shape index (κ1) is 18.5. The fraction of sp³-hybridized carbons (Fsp3) is 0.0952. The van der Waals surface area contributed by atoms with Gasteiger partial charge in [0.1, 0.15) is 10.8 Å². The van der Waals surface area contributed by atoms with E-state index in [1.54, 1.807) is 24.3 Å². The molecule has 0 amide bonds. The third-order valence-electron chi connectivity index (χ3n) is 3.85. The molecule has 3 rings (SSSR count). The largest absolute Gasteiger partial charge is 0.496 e. The Hall–Kier alpha value is -3.25. The molecule has 6 heteroatoms. The summed E-state index contributed by atoms with van der Waals surface area (Å²) < 4.78 is 5.15. The molecule has 3 aromatic rings. The fourth-order valence-corrected chi connectivity index (χ4v) is 3.36. The van der Waals surface area contributed by atoms with Crippen molar-refractivity contribution in [2.75, 3.05) is 7.11 Å². The predicted octanol–water partition coefficient (Wildman–Crippen LogP) is 4.34. The van der Waals surface area contributed by atoms with Crippen molar-refractivity contribution in [3.8, 4) is 16.3 Å². The second kappa shape index (κ2) is 8.42.